The quantitative estimate of drug-likeness (QED) is 0.827. The first-order valence-corrected chi connectivity index (χ1v) is 8.18. The lowest BCUT2D eigenvalue weighted by atomic mass is 10.2. The highest BCUT2D eigenvalue weighted by Crippen LogP contribution is 2.15. The number of nitrogens with one attached hydrogen (secondary N) is 2. The molecule has 0 aliphatic carbocycles. The Morgan fingerprint density at radius 3 is 2.68 bits per heavy atom. The molecule has 1 aliphatic heterocycles. The molecule has 1 aliphatic rings. The molecule has 1 saturated heterocycles. The number of halogens is 2. The number of carbonyl (C=O) groups is 1. The highest BCUT2D eigenvalue weighted by molar-refractivity contribution is 5.85. The Kier molecular flexibility index (Phi) is 7.22. The third-order valence-electron chi connectivity index (χ3n) is 4.06. The van der Waals surface area contributed by atoms with Gasteiger partial charge in [0.15, 0.2) is 0 Å². The Hall–Kier alpha value is -2.11. The van der Waals surface area contributed by atoms with E-state index in [0.29, 0.717) is 18.9 Å². The standard InChI is InChI=1S/C19H21FN2O2.ClH/c20-16-4-1-3-15(11-16)13-24-17-8-6-14(7-9-17)12-22-19(23)18-5-2-10-21-18;/h1,3-4,6-9,11,18,21H,2,5,10,12-13H2,(H,22,23);1H/t18-;/m0./s1. The van der Waals surface area contributed by atoms with Crippen molar-refractivity contribution >= 4 is 18.3 Å². The van der Waals surface area contributed by atoms with Gasteiger partial charge in [-0.15, -0.1) is 12.4 Å². The Balaban J connectivity index is 0.00000225. The summed E-state index contributed by atoms with van der Waals surface area (Å²) in [5.74, 6) is 0.504. The Morgan fingerprint density at radius 1 is 1.20 bits per heavy atom. The topological polar surface area (TPSA) is 50.4 Å². The summed E-state index contributed by atoms with van der Waals surface area (Å²) in [6, 6.07) is 13.9. The Labute approximate surface area is 153 Å². The summed E-state index contributed by atoms with van der Waals surface area (Å²) in [4.78, 5) is 11.9. The molecule has 2 aromatic rings. The second kappa shape index (κ2) is 9.39. The molecule has 0 aromatic heterocycles. The van der Waals surface area contributed by atoms with Crippen LogP contribution in [0.5, 0.6) is 5.75 Å². The van der Waals surface area contributed by atoms with Crippen molar-refractivity contribution in [3.8, 4) is 5.75 Å². The third-order valence-corrected chi connectivity index (χ3v) is 4.06. The summed E-state index contributed by atoms with van der Waals surface area (Å²) in [5, 5.41) is 6.12. The second-order valence-corrected chi connectivity index (χ2v) is 5.93. The first kappa shape index (κ1) is 19.2. The van der Waals surface area contributed by atoms with E-state index in [9.17, 15) is 9.18 Å². The number of hydrogen-bond donors (Lipinski definition) is 2. The van der Waals surface area contributed by atoms with E-state index in [1.165, 1.54) is 12.1 Å². The molecular weight excluding hydrogens is 343 g/mol. The van der Waals surface area contributed by atoms with Crippen LogP contribution in [0.2, 0.25) is 0 Å². The van der Waals surface area contributed by atoms with Gasteiger partial charge in [0.1, 0.15) is 18.2 Å². The summed E-state index contributed by atoms with van der Waals surface area (Å²) in [7, 11) is 0. The average molecular weight is 365 g/mol. The molecule has 1 amide bonds. The van der Waals surface area contributed by atoms with Crippen molar-refractivity contribution in [2.45, 2.75) is 32.0 Å². The number of hydrogen-bond acceptors (Lipinski definition) is 3. The van der Waals surface area contributed by atoms with Gasteiger partial charge in [0.25, 0.3) is 0 Å². The smallest absolute Gasteiger partial charge is 0.237 e. The molecule has 134 valence electrons. The van der Waals surface area contributed by atoms with Crippen LogP contribution in [-0.4, -0.2) is 18.5 Å². The van der Waals surface area contributed by atoms with Crippen molar-refractivity contribution < 1.29 is 13.9 Å². The molecule has 0 radical (unpaired) electrons. The maximum atomic E-state index is 13.1. The highest BCUT2D eigenvalue weighted by Gasteiger charge is 2.21. The van der Waals surface area contributed by atoms with Gasteiger partial charge in [0.2, 0.25) is 5.91 Å². The van der Waals surface area contributed by atoms with Gasteiger partial charge >= 0.3 is 0 Å². The molecule has 0 spiro atoms. The van der Waals surface area contributed by atoms with Gasteiger partial charge in [-0.2, -0.15) is 0 Å². The molecule has 2 N–H and O–H groups in total. The zero-order valence-corrected chi connectivity index (χ0v) is 14.7. The van der Waals surface area contributed by atoms with E-state index in [1.54, 1.807) is 6.07 Å². The van der Waals surface area contributed by atoms with Gasteiger partial charge < -0.3 is 15.4 Å². The normalized spacial score (nSPS) is 16.1. The molecular formula is C19H22ClFN2O2. The van der Waals surface area contributed by atoms with Crippen molar-refractivity contribution in [3.63, 3.8) is 0 Å². The molecule has 4 nitrogen and oxygen atoms in total. The lowest BCUT2D eigenvalue weighted by Crippen LogP contribution is -2.39. The predicted molar refractivity (Wildman–Crippen MR) is 97.3 cm³/mol. The van der Waals surface area contributed by atoms with Crippen LogP contribution >= 0.6 is 12.4 Å². The van der Waals surface area contributed by atoms with Crippen molar-refractivity contribution in [2.75, 3.05) is 6.54 Å². The number of carbonyl (C=O) groups excluding carboxylic acids is 1. The molecule has 1 heterocycles. The summed E-state index contributed by atoms with van der Waals surface area (Å²) in [6.45, 7) is 1.73. The molecule has 0 saturated carbocycles. The molecule has 25 heavy (non-hydrogen) atoms. The minimum Gasteiger partial charge on any atom is -0.489 e. The van der Waals surface area contributed by atoms with Crippen LogP contribution in [-0.2, 0) is 17.9 Å². The molecule has 2 aromatic carbocycles. The predicted octanol–water partition coefficient (Wildman–Crippen LogP) is 3.19. The van der Waals surface area contributed by atoms with Crippen LogP contribution < -0.4 is 15.4 Å². The SMILES string of the molecule is Cl.O=C(NCc1ccc(OCc2cccc(F)c2)cc1)[C@@H]1CCCN1. The monoisotopic (exact) mass is 364 g/mol. The number of amides is 1. The fraction of sp³-hybridized carbons (Fsp3) is 0.316. The summed E-state index contributed by atoms with van der Waals surface area (Å²) in [6.07, 6.45) is 1.95. The Bertz CT molecular complexity index is 688. The van der Waals surface area contributed by atoms with E-state index in [0.717, 1.165) is 30.5 Å². The first-order chi connectivity index (χ1) is 11.7. The van der Waals surface area contributed by atoms with Crippen molar-refractivity contribution in [1.29, 1.82) is 0 Å². The van der Waals surface area contributed by atoms with Gasteiger partial charge in [0.05, 0.1) is 6.04 Å². The van der Waals surface area contributed by atoms with E-state index in [1.807, 2.05) is 30.3 Å². The fourth-order valence-corrected chi connectivity index (χ4v) is 2.72. The highest BCUT2D eigenvalue weighted by atomic mass is 35.5. The van der Waals surface area contributed by atoms with E-state index >= 15 is 0 Å². The van der Waals surface area contributed by atoms with Gasteiger partial charge in [0, 0.05) is 6.54 Å². The molecule has 0 unspecified atom stereocenters. The number of ether oxygens (including phenoxy) is 1. The third kappa shape index (κ3) is 5.73. The number of benzene rings is 2. The molecule has 1 atom stereocenters. The van der Waals surface area contributed by atoms with Crippen LogP contribution in [0.4, 0.5) is 4.39 Å². The molecule has 3 rings (SSSR count). The second-order valence-electron chi connectivity index (χ2n) is 5.93. The van der Waals surface area contributed by atoms with Gasteiger partial charge in [-0.3, -0.25) is 4.79 Å². The van der Waals surface area contributed by atoms with Crippen LogP contribution in [0.25, 0.3) is 0 Å². The van der Waals surface area contributed by atoms with Gasteiger partial charge in [-0.1, -0.05) is 24.3 Å². The van der Waals surface area contributed by atoms with E-state index in [4.69, 9.17) is 4.74 Å². The van der Waals surface area contributed by atoms with Crippen molar-refractivity contribution in [2.24, 2.45) is 0 Å². The van der Waals surface area contributed by atoms with Gasteiger partial charge in [-0.05, 0) is 54.8 Å². The van der Waals surface area contributed by atoms with Crippen LogP contribution in [0.3, 0.4) is 0 Å². The van der Waals surface area contributed by atoms with Gasteiger partial charge in [-0.25, -0.2) is 4.39 Å². The Morgan fingerprint density at radius 2 is 2.00 bits per heavy atom. The average Bonchev–Trinajstić information content (AvgIpc) is 3.13. The largest absolute Gasteiger partial charge is 0.489 e. The molecule has 1 fully saturated rings. The van der Waals surface area contributed by atoms with Crippen LogP contribution in [0.15, 0.2) is 48.5 Å². The van der Waals surface area contributed by atoms with Crippen molar-refractivity contribution in [3.05, 3.63) is 65.5 Å². The van der Waals surface area contributed by atoms with Crippen LogP contribution in [0.1, 0.15) is 24.0 Å². The lowest BCUT2D eigenvalue weighted by molar-refractivity contribution is -0.122. The minimum atomic E-state index is -0.265. The van der Waals surface area contributed by atoms with E-state index < -0.39 is 0 Å². The summed E-state index contributed by atoms with van der Waals surface area (Å²) < 4.78 is 18.8. The number of rotatable bonds is 6. The molecule has 0 bridgehead atoms. The van der Waals surface area contributed by atoms with Crippen LogP contribution in [0, 0.1) is 5.82 Å². The fourth-order valence-electron chi connectivity index (χ4n) is 2.72. The van der Waals surface area contributed by atoms with E-state index in [-0.39, 0.29) is 30.2 Å². The summed E-state index contributed by atoms with van der Waals surface area (Å²) in [5.41, 5.74) is 1.80. The zero-order chi connectivity index (χ0) is 16.8. The lowest BCUT2D eigenvalue weighted by Gasteiger charge is -2.11. The zero-order valence-electron chi connectivity index (χ0n) is 13.8. The van der Waals surface area contributed by atoms with E-state index in [2.05, 4.69) is 10.6 Å². The maximum Gasteiger partial charge on any atom is 0.237 e. The summed E-state index contributed by atoms with van der Waals surface area (Å²) >= 11 is 0. The first-order valence-electron chi connectivity index (χ1n) is 8.18. The maximum absolute atomic E-state index is 13.1. The minimum absolute atomic E-state index is 0. The van der Waals surface area contributed by atoms with Crippen molar-refractivity contribution in [1.82, 2.24) is 10.6 Å². The molecule has 6 heteroatoms.